The van der Waals surface area contributed by atoms with Gasteiger partial charge in [0.25, 0.3) is 10.0 Å². The van der Waals surface area contributed by atoms with Gasteiger partial charge in [0.1, 0.15) is 0 Å². The number of alkyl halides is 3. The molecule has 0 atom stereocenters. The van der Waals surface area contributed by atoms with Crippen LogP contribution in [0.25, 0.3) is 0 Å². The molecule has 0 spiro atoms. The Morgan fingerprint density at radius 2 is 1.89 bits per heavy atom. The first-order valence-corrected chi connectivity index (χ1v) is 7.01. The molecule has 10 heteroatoms. The molecule has 19 heavy (non-hydrogen) atoms. The summed E-state index contributed by atoms with van der Waals surface area (Å²) in [5.74, 6) is 0. The lowest BCUT2D eigenvalue weighted by molar-refractivity contribution is -0.148. The number of rotatable bonds is 3. The van der Waals surface area contributed by atoms with E-state index in [-0.39, 0.29) is 31.2 Å². The molecule has 2 heterocycles. The van der Waals surface area contributed by atoms with Crippen molar-refractivity contribution in [2.45, 2.75) is 11.2 Å². The second-order valence-corrected chi connectivity index (χ2v) is 6.12. The summed E-state index contributed by atoms with van der Waals surface area (Å²) >= 11 is 0. The van der Waals surface area contributed by atoms with Gasteiger partial charge in [0.15, 0.2) is 5.03 Å². The number of nitrogens with one attached hydrogen (secondary N) is 1. The number of H-pyrrole nitrogens is 1. The molecule has 1 saturated heterocycles. The van der Waals surface area contributed by atoms with Crippen LogP contribution in [-0.2, 0) is 10.0 Å². The SMILES string of the molecule is O=S(=O)(c1cnc[nH]1)N1CCN(CC(F)(F)F)CC1. The van der Waals surface area contributed by atoms with E-state index >= 15 is 0 Å². The predicted octanol–water partition coefficient (Wildman–Crippen LogP) is 0.278. The van der Waals surface area contributed by atoms with Gasteiger partial charge >= 0.3 is 6.18 Å². The Hall–Kier alpha value is -1.13. The summed E-state index contributed by atoms with van der Waals surface area (Å²) in [7, 11) is -3.68. The number of piperazine rings is 1. The quantitative estimate of drug-likeness (QED) is 0.870. The normalized spacial score (nSPS) is 19.7. The Bertz CT molecular complexity index is 506. The van der Waals surface area contributed by atoms with Crippen molar-refractivity contribution in [1.82, 2.24) is 19.2 Å². The first-order valence-electron chi connectivity index (χ1n) is 5.57. The Morgan fingerprint density at radius 3 is 2.37 bits per heavy atom. The third-order valence-electron chi connectivity index (χ3n) is 2.83. The van der Waals surface area contributed by atoms with Crippen molar-refractivity contribution in [3.8, 4) is 0 Å². The second kappa shape index (κ2) is 5.10. The van der Waals surface area contributed by atoms with Crippen LogP contribution >= 0.6 is 0 Å². The summed E-state index contributed by atoms with van der Waals surface area (Å²) in [6.45, 7) is -0.806. The highest BCUT2D eigenvalue weighted by molar-refractivity contribution is 7.89. The summed E-state index contributed by atoms with van der Waals surface area (Å²) in [5, 5.41) is -0.0447. The molecular weight excluding hydrogens is 285 g/mol. The molecule has 0 radical (unpaired) electrons. The van der Waals surface area contributed by atoms with E-state index in [9.17, 15) is 21.6 Å². The number of imidazole rings is 1. The zero-order valence-corrected chi connectivity index (χ0v) is 10.7. The highest BCUT2D eigenvalue weighted by atomic mass is 32.2. The van der Waals surface area contributed by atoms with E-state index < -0.39 is 22.7 Å². The lowest BCUT2D eigenvalue weighted by Gasteiger charge is -2.33. The van der Waals surface area contributed by atoms with Crippen LogP contribution in [-0.4, -0.2) is 66.5 Å². The number of sulfonamides is 1. The van der Waals surface area contributed by atoms with Gasteiger partial charge in [0, 0.05) is 26.2 Å². The van der Waals surface area contributed by atoms with Crippen LogP contribution in [0.4, 0.5) is 13.2 Å². The zero-order chi connectivity index (χ0) is 14.1. The maximum absolute atomic E-state index is 12.2. The molecule has 6 nitrogen and oxygen atoms in total. The molecule has 0 unspecified atom stereocenters. The first kappa shape index (κ1) is 14.3. The van der Waals surface area contributed by atoms with Crippen LogP contribution in [0.1, 0.15) is 0 Å². The highest BCUT2D eigenvalue weighted by Gasteiger charge is 2.35. The lowest BCUT2D eigenvalue weighted by Crippen LogP contribution is -2.50. The van der Waals surface area contributed by atoms with E-state index in [4.69, 9.17) is 0 Å². The number of nitrogens with zero attached hydrogens (tertiary/aromatic N) is 3. The number of aromatic nitrogens is 2. The second-order valence-electron chi connectivity index (χ2n) is 4.21. The van der Waals surface area contributed by atoms with E-state index in [0.717, 1.165) is 4.31 Å². The molecule has 2 rings (SSSR count). The fraction of sp³-hybridized carbons (Fsp3) is 0.667. The van der Waals surface area contributed by atoms with Crippen molar-refractivity contribution in [1.29, 1.82) is 0 Å². The van der Waals surface area contributed by atoms with Gasteiger partial charge < -0.3 is 4.98 Å². The maximum atomic E-state index is 12.2. The fourth-order valence-electron chi connectivity index (χ4n) is 1.90. The van der Waals surface area contributed by atoms with Gasteiger partial charge in [-0.25, -0.2) is 13.4 Å². The molecular formula is C9H13F3N4O2S. The first-order chi connectivity index (χ1) is 8.79. The average Bonchev–Trinajstić information content (AvgIpc) is 2.81. The molecule has 1 aromatic heterocycles. The van der Waals surface area contributed by atoms with E-state index in [1.807, 2.05) is 0 Å². The predicted molar refractivity (Wildman–Crippen MR) is 59.8 cm³/mol. The fourth-order valence-corrected chi connectivity index (χ4v) is 3.22. The monoisotopic (exact) mass is 298 g/mol. The van der Waals surface area contributed by atoms with E-state index in [1.165, 1.54) is 17.4 Å². The smallest absolute Gasteiger partial charge is 0.335 e. The molecule has 1 aliphatic rings. The molecule has 0 amide bonds. The van der Waals surface area contributed by atoms with Crippen LogP contribution < -0.4 is 0 Å². The minimum Gasteiger partial charge on any atom is -0.335 e. The standard InChI is InChI=1S/C9H13F3N4O2S/c10-9(11,12)6-15-1-3-16(4-2-15)19(17,18)8-5-13-7-14-8/h5,7H,1-4,6H2,(H,13,14). The van der Waals surface area contributed by atoms with E-state index in [1.54, 1.807) is 0 Å². The van der Waals surface area contributed by atoms with Crippen LogP contribution in [0.15, 0.2) is 17.6 Å². The van der Waals surface area contributed by atoms with Crippen molar-refractivity contribution < 1.29 is 21.6 Å². The summed E-state index contributed by atoms with van der Waals surface area (Å²) in [6.07, 6.45) is -1.84. The van der Waals surface area contributed by atoms with Crippen LogP contribution in [0.2, 0.25) is 0 Å². The molecule has 0 aromatic carbocycles. The summed E-state index contributed by atoms with van der Waals surface area (Å²) in [6, 6.07) is 0. The lowest BCUT2D eigenvalue weighted by atomic mass is 10.3. The largest absolute Gasteiger partial charge is 0.401 e. The van der Waals surface area contributed by atoms with Gasteiger partial charge in [-0.3, -0.25) is 4.90 Å². The minimum absolute atomic E-state index is 0.0391. The zero-order valence-electron chi connectivity index (χ0n) is 9.89. The number of hydrogen-bond acceptors (Lipinski definition) is 4. The molecule has 1 fully saturated rings. The number of halogens is 3. The van der Waals surface area contributed by atoms with Crippen molar-refractivity contribution >= 4 is 10.0 Å². The van der Waals surface area contributed by atoms with Crippen LogP contribution in [0.5, 0.6) is 0 Å². The summed E-state index contributed by atoms with van der Waals surface area (Å²) in [4.78, 5) is 7.31. The summed E-state index contributed by atoms with van der Waals surface area (Å²) in [5.41, 5.74) is 0. The maximum Gasteiger partial charge on any atom is 0.401 e. The van der Waals surface area contributed by atoms with Gasteiger partial charge in [-0.1, -0.05) is 0 Å². The molecule has 1 N–H and O–H groups in total. The Labute approximate surface area is 108 Å². The molecule has 0 bridgehead atoms. The van der Waals surface area contributed by atoms with Gasteiger partial charge in [-0.05, 0) is 0 Å². The minimum atomic E-state index is -4.26. The molecule has 1 aliphatic heterocycles. The Morgan fingerprint density at radius 1 is 1.26 bits per heavy atom. The van der Waals surface area contributed by atoms with E-state index in [0.29, 0.717) is 0 Å². The van der Waals surface area contributed by atoms with Gasteiger partial charge in [0.2, 0.25) is 0 Å². The van der Waals surface area contributed by atoms with Crippen molar-refractivity contribution in [3.05, 3.63) is 12.5 Å². The van der Waals surface area contributed by atoms with Gasteiger partial charge in [-0.2, -0.15) is 17.5 Å². The molecule has 0 saturated carbocycles. The third-order valence-corrected chi connectivity index (χ3v) is 4.65. The van der Waals surface area contributed by atoms with Crippen molar-refractivity contribution in [2.24, 2.45) is 0 Å². The Balaban J connectivity index is 1.97. The number of aromatic amines is 1. The van der Waals surface area contributed by atoms with Gasteiger partial charge in [0.05, 0.1) is 19.1 Å². The van der Waals surface area contributed by atoms with Crippen molar-refractivity contribution in [3.63, 3.8) is 0 Å². The van der Waals surface area contributed by atoms with Crippen LogP contribution in [0.3, 0.4) is 0 Å². The third kappa shape index (κ3) is 3.45. The Kier molecular flexibility index (Phi) is 3.83. The van der Waals surface area contributed by atoms with Crippen molar-refractivity contribution in [2.75, 3.05) is 32.7 Å². The van der Waals surface area contributed by atoms with Crippen LogP contribution in [0, 0.1) is 0 Å². The average molecular weight is 298 g/mol. The summed E-state index contributed by atoms with van der Waals surface area (Å²) < 4.78 is 61.9. The van der Waals surface area contributed by atoms with E-state index in [2.05, 4.69) is 9.97 Å². The number of hydrogen-bond donors (Lipinski definition) is 1. The molecule has 108 valence electrons. The highest BCUT2D eigenvalue weighted by Crippen LogP contribution is 2.19. The molecule has 1 aromatic rings. The molecule has 0 aliphatic carbocycles. The topological polar surface area (TPSA) is 69.3 Å². The van der Waals surface area contributed by atoms with Gasteiger partial charge in [-0.15, -0.1) is 0 Å².